The van der Waals surface area contributed by atoms with E-state index in [1.54, 1.807) is 12.1 Å². The van der Waals surface area contributed by atoms with E-state index < -0.39 is 10.3 Å². The topological polar surface area (TPSA) is 81.5 Å². The number of nitro groups is 1. The maximum Gasteiger partial charge on any atom is 0.269 e. The van der Waals surface area contributed by atoms with E-state index in [-0.39, 0.29) is 17.7 Å². The molecule has 1 fully saturated rings. The molecule has 0 heterocycles. The fourth-order valence-corrected chi connectivity index (χ4v) is 3.67. The Labute approximate surface area is 158 Å². The molecule has 2 aromatic carbocycles. The van der Waals surface area contributed by atoms with Crippen LogP contribution in [0.4, 0.5) is 11.4 Å². The molecule has 0 saturated heterocycles. The number of amides is 1. The Balaban J connectivity index is 1.80. The van der Waals surface area contributed by atoms with Gasteiger partial charge in [-0.1, -0.05) is 25.0 Å². The van der Waals surface area contributed by atoms with Crippen LogP contribution in [0.25, 0.3) is 0 Å². The second kappa shape index (κ2) is 7.78. The number of carbonyl (C=O) groups excluding carboxylic acids is 1. The Bertz CT molecular complexity index is 807. The number of hydrogen-bond acceptors (Lipinski definition) is 4. The summed E-state index contributed by atoms with van der Waals surface area (Å²) in [5, 5.41) is 13.9. The first-order chi connectivity index (χ1) is 12.9. The van der Waals surface area contributed by atoms with E-state index >= 15 is 0 Å². The number of hydrogen-bond donors (Lipinski definition) is 1. The van der Waals surface area contributed by atoms with E-state index in [1.165, 1.54) is 12.1 Å². The van der Waals surface area contributed by atoms with Crippen LogP contribution in [-0.2, 0) is 10.2 Å². The van der Waals surface area contributed by atoms with Crippen molar-refractivity contribution in [1.29, 1.82) is 0 Å². The Hall–Kier alpha value is -2.89. The molecular formula is C21H24N2O4. The van der Waals surface area contributed by atoms with Crippen LogP contribution in [0.3, 0.4) is 0 Å². The Morgan fingerprint density at radius 1 is 1.07 bits per heavy atom. The molecule has 1 saturated carbocycles. The highest BCUT2D eigenvalue weighted by Gasteiger charge is 2.42. The van der Waals surface area contributed by atoms with Gasteiger partial charge in [0.25, 0.3) is 5.69 Å². The smallest absolute Gasteiger partial charge is 0.269 e. The zero-order valence-corrected chi connectivity index (χ0v) is 15.6. The zero-order valence-electron chi connectivity index (χ0n) is 15.6. The maximum atomic E-state index is 13.1. The maximum absolute atomic E-state index is 13.1. The van der Waals surface area contributed by atoms with Gasteiger partial charge >= 0.3 is 0 Å². The fraction of sp³-hybridized carbons (Fsp3) is 0.381. The van der Waals surface area contributed by atoms with Gasteiger partial charge in [0.1, 0.15) is 5.75 Å². The molecule has 0 spiro atoms. The van der Waals surface area contributed by atoms with E-state index in [0.717, 1.165) is 37.0 Å². The molecule has 1 N–H and O–H groups in total. The average molecular weight is 368 g/mol. The Morgan fingerprint density at radius 2 is 1.67 bits per heavy atom. The van der Waals surface area contributed by atoms with Crippen molar-refractivity contribution in [2.75, 3.05) is 5.32 Å². The minimum Gasteiger partial charge on any atom is -0.491 e. The summed E-state index contributed by atoms with van der Waals surface area (Å²) in [7, 11) is 0. The Kier molecular flexibility index (Phi) is 5.44. The minimum absolute atomic E-state index is 0.0352. The first-order valence-electron chi connectivity index (χ1n) is 9.24. The van der Waals surface area contributed by atoms with Crippen molar-refractivity contribution in [3.05, 3.63) is 64.2 Å². The summed E-state index contributed by atoms with van der Waals surface area (Å²) in [6.45, 7) is 3.92. The lowest BCUT2D eigenvalue weighted by molar-refractivity contribution is -0.384. The third-order valence-corrected chi connectivity index (χ3v) is 5.01. The first-order valence-corrected chi connectivity index (χ1v) is 9.24. The molecule has 142 valence electrons. The van der Waals surface area contributed by atoms with E-state index in [1.807, 2.05) is 38.1 Å². The van der Waals surface area contributed by atoms with Gasteiger partial charge in [0, 0.05) is 17.8 Å². The van der Waals surface area contributed by atoms with Gasteiger partial charge in [-0.3, -0.25) is 14.9 Å². The van der Waals surface area contributed by atoms with Crippen molar-refractivity contribution < 1.29 is 14.5 Å². The number of nitrogens with zero attached hydrogens (tertiary/aromatic N) is 1. The quantitative estimate of drug-likeness (QED) is 0.585. The lowest BCUT2D eigenvalue weighted by Crippen LogP contribution is -2.37. The van der Waals surface area contributed by atoms with Gasteiger partial charge < -0.3 is 10.1 Å². The van der Waals surface area contributed by atoms with Crippen molar-refractivity contribution in [3.8, 4) is 5.75 Å². The molecule has 0 atom stereocenters. The summed E-state index contributed by atoms with van der Waals surface area (Å²) in [5.74, 6) is 0.695. The summed E-state index contributed by atoms with van der Waals surface area (Å²) in [5.41, 5.74) is 0.947. The standard InChI is InChI=1S/C21H24N2O4/c1-15(2)27-19-11-7-17(8-12-19)22-20(24)21(13-3-4-14-21)16-5-9-18(10-6-16)23(25)26/h5-12,15H,3-4,13-14H2,1-2H3,(H,22,24). The SMILES string of the molecule is CC(C)Oc1ccc(NC(=O)C2(c3ccc([N+](=O)[O-])cc3)CCCC2)cc1. The van der Waals surface area contributed by atoms with Crippen molar-refractivity contribution in [2.45, 2.75) is 51.0 Å². The zero-order chi connectivity index (χ0) is 19.4. The predicted octanol–water partition coefficient (Wildman–Crippen LogP) is 4.83. The van der Waals surface area contributed by atoms with Crippen LogP contribution < -0.4 is 10.1 Å². The molecule has 1 aliphatic rings. The lowest BCUT2D eigenvalue weighted by Gasteiger charge is -2.28. The van der Waals surface area contributed by atoms with Crippen LogP contribution in [0.2, 0.25) is 0 Å². The number of nitrogens with one attached hydrogen (secondary N) is 1. The minimum atomic E-state index is -0.637. The average Bonchev–Trinajstić information content (AvgIpc) is 3.14. The molecule has 6 nitrogen and oxygen atoms in total. The molecular weight excluding hydrogens is 344 g/mol. The van der Waals surface area contributed by atoms with E-state index in [4.69, 9.17) is 4.74 Å². The van der Waals surface area contributed by atoms with E-state index in [0.29, 0.717) is 5.69 Å². The third-order valence-electron chi connectivity index (χ3n) is 5.01. The van der Waals surface area contributed by atoms with Crippen LogP contribution in [0.5, 0.6) is 5.75 Å². The molecule has 0 aromatic heterocycles. The highest BCUT2D eigenvalue weighted by Crippen LogP contribution is 2.42. The molecule has 1 amide bonds. The van der Waals surface area contributed by atoms with Gasteiger partial charge in [-0.15, -0.1) is 0 Å². The highest BCUT2D eigenvalue weighted by atomic mass is 16.6. The van der Waals surface area contributed by atoms with Crippen LogP contribution in [0.15, 0.2) is 48.5 Å². The molecule has 3 rings (SSSR count). The molecule has 0 unspecified atom stereocenters. The molecule has 2 aromatic rings. The van der Waals surface area contributed by atoms with Crippen molar-refractivity contribution in [1.82, 2.24) is 0 Å². The third kappa shape index (κ3) is 4.10. The number of rotatable bonds is 6. The second-order valence-corrected chi connectivity index (χ2v) is 7.24. The number of carbonyl (C=O) groups is 1. The molecule has 27 heavy (non-hydrogen) atoms. The van der Waals surface area contributed by atoms with Gasteiger partial charge in [0.15, 0.2) is 0 Å². The van der Waals surface area contributed by atoms with Crippen molar-refractivity contribution >= 4 is 17.3 Å². The molecule has 0 radical (unpaired) electrons. The van der Waals surface area contributed by atoms with Gasteiger partial charge in [-0.2, -0.15) is 0 Å². The number of anilines is 1. The van der Waals surface area contributed by atoms with Gasteiger partial charge in [-0.05, 0) is 56.5 Å². The van der Waals surface area contributed by atoms with Crippen LogP contribution in [0.1, 0.15) is 45.1 Å². The molecule has 0 aliphatic heterocycles. The lowest BCUT2D eigenvalue weighted by atomic mass is 9.78. The summed E-state index contributed by atoms with van der Waals surface area (Å²) in [4.78, 5) is 23.6. The number of ether oxygens (including phenoxy) is 1. The summed E-state index contributed by atoms with van der Waals surface area (Å²) < 4.78 is 5.63. The summed E-state index contributed by atoms with van der Waals surface area (Å²) in [6, 6.07) is 13.7. The van der Waals surface area contributed by atoms with Gasteiger partial charge in [0.05, 0.1) is 16.4 Å². The van der Waals surface area contributed by atoms with Crippen LogP contribution in [-0.4, -0.2) is 16.9 Å². The second-order valence-electron chi connectivity index (χ2n) is 7.24. The van der Waals surface area contributed by atoms with Crippen molar-refractivity contribution in [2.24, 2.45) is 0 Å². The van der Waals surface area contributed by atoms with Gasteiger partial charge in [-0.25, -0.2) is 0 Å². The van der Waals surface area contributed by atoms with Gasteiger partial charge in [0.2, 0.25) is 5.91 Å². The normalized spacial score (nSPS) is 15.5. The Morgan fingerprint density at radius 3 is 2.19 bits per heavy atom. The summed E-state index contributed by atoms with van der Waals surface area (Å²) in [6.07, 6.45) is 3.50. The monoisotopic (exact) mass is 368 g/mol. The van der Waals surface area contributed by atoms with Crippen LogP contribution >= 0.6 is 0 Å². The fourth-order valence-electron chi connectivity index (χ4n) is 3.67. The molecule has 1 aliphatic carbocycles. The first kappa shape index (κ1) is 18.9. The van der Waals surface area contributed by atoms with Crippen LogP contribution in [0, 0.1) is 10.1 Å². The molecule has 6 heteroatoms. The highest BCUT2D eigenvalue weighted by molar-refractivity contribution is 5.99. The number of nitro benzene ring substituents is 1. The number of benzene rings is 2. The largest absolute Gasteiger partial charge is 0.491 e. The van der Waals surface area contributed by atoms with E-state index in [2.05, 4.69) is 5.32 Å². The number of non-ortho nitro benzene ring substituents is 1. The summed E-state index contributed by atoms with van der Waals surface area (Å²) >= 11 is 0. The van der Waals surface area contributed by atoms with E-state index in [9.17, 15) is 14.9 Å². The van der Waals surface area contributed by atoms with Crippen molar-refractivity contribution in [3.63, 3.8) is 0 Å². The predicted molar refractivity (Wildman–Crippen MR) is 104 cm³/mol. The molecule has 0 bridgehead atoms.